The molecule has 3 aromatic rings. The van der Waals surface area contributed by atoms with Crippen molar-refractivity contribution in [3.05, 3.63) is 59.9 Å². The molecule has 2 heterocycles. The third-order valence-electron chi connectivity index (χ3n) is 5.71. The molecular formula is C23H27N3O. The standard InChI is InChI=1S/C23H27N3O/c1-4-16(2)14-26-21-8-6-5-7-20(21)24-23(26)18-13-22(27)25(15-18)19-11-9-17(3)10-12-19/h5-12,16,18H,4,13-15H2,1-3H3/t16-,18+/m1/s1. The van der Waals surface area contributed by atoms with Gasteiger partial charge in [0, 0.05) is 31.1 Å². The molecule has 0 unspecified atom stereocenters. The number of nitrogens with zero attached hydrogens (tertiary/aromatic N) is 3. The molecule has 0 N–H and O–H groups in total. The number of anilines is 1. The Balaban J connectivity index is 1.69. The number of benzene rings is 2. The van der Waals surface area contributed by atoms with Gasteiger partial charge in [-0.1, -0.05) is 50.1 Å². The monoisotopic (exact) mass is 361 g/mol. The number of hydrogen-bond acceptors (Lipinski definition) is 2. The molecule has 1 fully saturated rings. The van der Waals surface area contributed by atoms with E-state index >= 15 is 0 Å². The predicted octanol–water partition coefficient (Wildman–Crippen LogP) is 4.91. The normalized spacial score (nSPS) is 18.4. The molecule has 4 nitrogen and oxygen atoms in total. The molecule has 0 saturated carbocycles. The Morgan fingerprint density at radius 2 is 1.89 bits per heavy atom. The molecule has 4 heteroatoms. The molecule has 0 aliphatic carbocycles. The van der Waals surface area contributed by atoms with Gasteiger partial charge < -0.3 is 9.47 Å². The van der Waals surface area contributed by atoms with E-state index in [9.17, 15) is 4.79 Å². The third-order valence-corrected chi connectivity index (χ3v) is 5.71. The maximum Gasteiger partial charge on any atom is 0.227 e. The highest BCUT2D eigenvalue weighted by molar-refractivity contribution is 5.96. The molecule has 1 amide bonds. The number of imidazole rings is 1. The maximum absolute atomic E-state index is 12.7. The Hall–Kier alpha value is -2.62. The molecule has 0 spiro atoms. The van der Waals surface area contributed by atoms with Crippen LogP contribution in [-0.4, -0.2) is 22.0 Å². The fourth-order valence-corrected chi connectivity index (χ4v) is 3.89. The molecular weight excluding hydrogens is 334 g/mol. The smallest absolute Gasteiger partial charge is 0.227 e. The molecule has 27 heavy (non-hydrogen) atoms. The van der Waals surface area contributed by atoms with E-state index in [-0.39, 0.29) is 11.8 Å². The summed E-state index contributed by atoms with van der Waals surface area (Å²) >= 11 is 0. The summed E-state index contributed by atoms with van der Waals surface area (Å²) < 4.78 is 2.35. The van der Waals surface area contributed by atoms with Crippen molar-refractivity contribution >= 4 is 22.6 Å². The van der Waals surface area contributed by atoms with Crippen molar-refractivity contribution < 1.29 is 4.79 Å². The summed E-state index contributed by atoms with van der Waals surface area (Å²) in [6.45, 7) is 8.21. The fourth-order valence-electron chi connectivity index (χ4n) is 3.89. The summed E-state index contributed by atoms with van der Waals surface area (Å²) in [5, 5.41) is 0. The molecule has 2 atom stereocenters. The number of hydrogen-bond donors (Lipinski definition) is 0. The van der Waals surface area contributed by atoms with E-state index in [0.29, 0.717) is 18.9 Å². The lowest BCUT2D eigenvalue weighted by Gasteiger charge is -2.19. The second kappa shape index (κ2) is 7.18. The van der Waals surface area contributed by atoms with Crippen molar-refractivity contribution in [1.29, 1.82) is 0 Å². The molecule has 0 radical (unpaired) electrons. The molecule has 1 aliphatic heterocycles. The van der Waals surface area contributed by atoms with Crippen LogP contribution in [0.5, 0.6) is 0 Å². The fraction of sp³-hybridized carbons (Fsp3) is 0.391. The first-order valence-corrected chi connectivity index (χ1v) is 9.89. The Bertz CT molecular complexity index is 957. The molecule has 140 valence electrons. The molecule has 1 aromatic heterocycles. The summed E-state index contributed by atoms with van der Waals surface area (Å²) in [7, 11) is 0. The topological polar surface area (TPSA) is 38.1 Å². The van der Waals surface area contributed by atoms with Crippen LogP contribution in [0.2, 0.25) is 0 Å². The molecule has 2 aromatic carbocycles. The Morgan fingerprint density at radius 3 is 2.63 bits per heavy atom. The number of amides is 1. The van der Waals surface area contributed by atoms with Gasteiger partial charge in [0.15, 0.2) is 0 Å². The van der Waals surface area contributed by atoms with Crippen LogP contribution in [0.25, 0.3) is 11.0 Å². The second-order valence-corrected chi connectivity index (χ2v) is 7.82. The highest BCUT2D eigenvalue weighted by atomic mass is 16.2. The molecule has 1 aliphatic rings. The van der Waals surface area contributed by atoms with E-state index in [1.54, 1.807) is 0 Å². The minimum Gasteiger partial charge on any atom is -0.327 e. The number of aryl methyl sites for hydroxylation is 1. The number of carbonyl (C=O) groups is 1. The first kappa shape index (κ1) is 17.8. The number of fused-ring (bicyclic) bond motifs is 1. The summed E-state index contributed by atoms with van der Waals surface area (Å²) in [6.07, 6.45) is 1.66. The SMILES string of the molecule is CC[C@@H](C)Cn1c([C@H]2CC(=O)N(c3ccc(C)cc3)C2)nc2ccccc21. The zero-order valence-corrected chi connectivity index (χ0v) is 16.4. The Labute approximate surface area is 160 Å². The minimum atomic E-state index is 0.134. The van der Waals surface area contributed by atoms with E-state index in [1.807, 2.05) is 23.1 Å². The van der Waals surface area contributed by atoms with Crippen LogP contribution in [0.4, 0.5) is 5.69 Å². The van der Waals surface area contributed by atoms with Crippen molar-refractivity contribution in [2.24, 2.45) is 5.92 Å². The molecule has 1 saturated heterocycles. The largest absolute Gasteiger partial charge is 0.327 e. The number of rotatable bonds is 5. The number of aromatic nitrogens is 2. The quantitative estimate of drug-likeness (QED) is 0.647. The van der Waals surface area contributed by atoms with Gasteiger partial charge in [-0.3, -0.25) is 4.79 Å². The zero-order chi connectivity index (χ0) is 19.0. The Morgan fingerprint density at radius 1 is 1.15 bits per heavy atom. The van der Waals surface area contributed by atoms with Crippen molar-refractivity contribution in [2.45, 2.75) is 46.1 Å². The van der Waals surface area contributed by atoms with Gasteiger partial charge in [-0.15, -0.1) is 0 Å². The van der Waals surface area contributed by atoms with E-state index in [0.717, 1.165) is 30.0 Å². The summed E-state index contributed by atoms with van der Waals surface area (Å²) in [6, 6.07) is 16.5. The van der Waals surface area contributed by atoms with Crippen LogP contribution < -0.4 is 4.90 Å². The van der Waals surface area contributed by atoms with Crippen LogP contribution in [0, 0.1) is 12.8 Å². The van der Waals surface area contributed by atoms with Crippen LogP contribution in [0.15, 0.2) is 48.5 Å². The lowest BCUT2D eigenvalue weighted by Crippen LogP contribution is -2.24. The average molecular weight is 361 g/mol. The van der Waals surface area contributed by atoms with Gasteiger partial charge in [0.1, 0.15) is 5.82 Å². The lowest BCUT2D eigenvalue weighted by molar-refractivity contribution is -0.117. The second-order valence-electron chi connectivity index (χ2n) is 7.82. The van der Waals surface area contributed by atoms with Crippen molar-refractivity contribution in [2.75, 3.05) is 11.4 Å². The van der Waals surface area contributed by atoms with Gasteiger partial charge in [0.2, 0.25) is 5.91 Å². The van der Waals surface area contributed by atoms with Gasteiger partial charge in [0.25, 0.3) is 0 Å². The first-order valence-electron chi connectivity index (χ1n) is 9.89. The van der Waals surface area contributed by atoms with Crippen molar-refractivity contribution in [3.63, 3.8) is 0 Å². The zero-order valence-electron chi connectivity index (χ0n) is 16.4. The van der Waals surface area contributed by atoms with Gasteiger partial charge in [-0.2, -0.15) is 0 Å². The van der Waals surface area contributed by atoms with E-state index in [4.69, 9.17) is 4.98 Å². The summed E-state index contributed by atoms with van der Waals surface area (Å²) in [4.78, 5) is 19.6. The summed E-state index contributed by atoms with van der Waals surface area (Å²) in [5.74, 6) is 1.95. The maximum atomic E-state index is 12.7. The number of para-hydroxylation sites is 2. The van der Waals surface area contributed by atoms with Crippen LogP contribution in [0.1, 0.15) is 44.0 Å². The van der Waals surface area contributed by atoms with Gasteiger partial charge in [-0.05, 0) is 37.1 Å². The Kier molecular flexibility index (Phi) is 4.73. The molecule has 0 bridgehead atoms. The van der Waals surface area contributed by atoms with Crippen LogP contribution in [-0.2, 0) is 11.3 Å². The average Bonchev–Trinajstić information content (AvgIpc) is 3.23. The van der Waals surface area contributed by atoms with Gasteiger partial charge >= 0.3 is 0 Å². The van der Waals surface area contributed by atoms with Crippen LogP contribution in [0.3, 0.4) is 0 Å². The first-order chi connectivity index (χ1) is 13.1. The van der Waals surface area contributed by atoms with Crippen LogP contribution >= 0.6 is 0 Å². The lowest BCUT2D eigenvalue weighted by atomic mass is 10.1. The van der Waals surface area contributed by atoms with E-state index in [1.165, 1.54) is 11.1 Å². The van der Waals surface area contributed by atoms with Gasteiger partial charge in [0.05, 0.1) is 11.0 Å². The summed E-state index contributed by atoms with van der Waals surface area (Å²) in [5.41, 5.74) is 4.39. The predicted molar refractivity (Wildman–Crippen MR) is 110 cm³/mol. The third kappa shape index (κ3) is 3.36. The van der Waals surface area contributed by atoms with Crippen molar-refractivity contribution in [3.8, 4) is 0 Å². The highest BCUT2D eigenvalue weighted by Gasteiger charge is 2.34. The van der Waals surface area contributed by atoms with Crippen molar-refractivity contribution in [1.82, 2.24) is 9.55 Å². The van der Waals surface area contributed by atoms with Gasteiger partial charge in [-0.25, -0.2) is 4.98 Å². The van der Waals surface area contributed by atoms with E-state index in [2.05, 4.69) is 55.7 Å². The number of carbonyl (C=O) groups excluding carboxylic acids is 1. The minimum absolute atomic E-state index is 0.134. The van der Waals surface area contributed by atoms with E-state index < -0.39 is 0 Å². The molecule has 4 rings (SSSR count). The highest BCUT2D eigenvalue weighted by Crippen LogP contribution is 2.33.